The lowest BCUT2D eigenvalue weighted by molar-refractivity contribution is 0.0820. The van der Waals surface area contributed by atoms with Crippen LogP contribution in [0.3, 0.4) is 0 Å². The van der Waals surface area contributed by atoms with Crippen LogP contribution in [0.15, 0.2) is 72.8 Å². The van der Waals surface area contributed by atoms with E-state index in [2.05, 4.69) is 0 Å². The first-order valence-corrected chi connectivity index (χ1v) is 8.71. The highest BCUT2D eigenvalue weighted by atomic mass is 16.2. The molecular formula is C23H19NO2. The van der Waals surface area contributed by atoms with Gasteiger partial charge in [0.15, 0.2) is 11.6 Å². The number of fused-ring (bicyclic) bond motifs is 2. The second-order valence-corrected chi connectivity index (χ2v) is 6.66. The van der Waals surface area contributed by atoms with E-state index >= 15 is 0 Å². The molecule has 0 N–H and O–H groups in total. The van der Waals surface area contributed by atoms with Crippen LogP contribution in [0.2, 0.25) is 0 Å². The molecule has 0 saturated carbocycles. The Morgan fingerprint density at radius 3 is 1.65 bits per heavy atom. The fourth-order valence-corrected chi connectivity index (χ4v) is 3.44. The molecule has 1 heterocycles. The highest BCUT2D eigenvalue weighted by Gasteiger charge is 2.33. The monoisotopic (exact) mass is 341 g/mol. The number of nitrogens with zero attached hydrogens (tertiary/aromatic N) is 1. The van der Waals surface area contributed by atoms with Crippen molar-refractivity contribution >= 4 is 28.6 Å². The van der Waals surface area contributed by atoms with Crippen molar-refractivity contribution in [2.45, 2.75) is 13.8 Å². The maximum atomic E-state index is 13.0. The lowest BCUT2D eigenvalue weighted by Crippen LogP contribution is -2.28. The summed E-state index contributed by atoms with van der Waals surface area (Å²) in [7, 11) is 0. The van der Waals surface area contributed by atoms with E-state index in [-0.39, 0.29) is 11.6 Å². The van der Waals surface area contributed by atoms with Gasteiger partial charge in [-0.3, -0.25) is 9.59 Å². The SMILES string of the molecule is Cc1ccc(N2c3ccccc3C(=O)C(C)C(=O)c3ccccc32)cc1. The third kappa shape index (κ3) is 2.53. The summed E-state index contributed by atoms with van der Waals surface area (Å²) < 4.78 is 0. The fourth-order valence-electron chi connectivity index (χ4n) is 3.44. The smallest absolute Gasteiger partial charge is 0.175 e. The Hall–Kier alpha value is -3.20. The Balaban J connectivity index is 2.06. The predicted octanol–water partition coefficient (Wildman–Crippen LogP) is 5.48. The van der Waals surface area contributed by atoms with Gasteiger partial charge in [0.1, 0.15) is 0 Å². The third-order valence-electron chi connectivity index (χ3n) is 4.90. The number of hydrogen-bond acceptors (Lipinski definition) is 3. The van der Waals surface area contributed by atoms with Crippen LogP contribution >= 0.6 is 0 Å². The lowest BCUT2D eigenvalue weighted by atomic mass is 9.87. The van der Waals surface area contributed by atoms with Gasteiger partial charge >= 0.3 is 0 Å². The van der Waals surface area contributed by atoms with Crippen molar-refractivity contribution in [2.24, 2.45) is 5.92 Å². The zero-order valence-electron chi connectivity index (χ0n) is 14.8. The van der Waals surface area contributed by atoms with Crippen molar-refractivity contribution in [3.8, 4) is 0 Å². The van der Waals surface area contributed by atoms with Crippen LogP contribution in [0.25, 0.3) is 0 Å². The largest absolute Gasteiger partial charge is 0.309 e. The number of carbonyl (C=O) groups is 2. The number of ketones is 2. The molecule has 4 rings (SSSR count). The molecule has 0 saturated heterocycles. The summed E-state index contributed by atoms with van der Waals surface area (Å²) >= 11 is 0. The summed E-state index contributed by atoms with van der Waals surface area (Å²) in [6.45, 7) is 3.73. The summed E-state index contributed by atoms with van der Waals surface area (Å²) in [5, 5.41) is 0. The highest BCUT2D eigenvalue weighted by molar-refractivity contribution is 6.21. The average Bonchev–Trinajstić information content (AvgIpc) is 2.68. The van der Waals surface area contributed by atoms with Gasteiger partial charge in [-0.15, -0.1) is 0 Å². The molecule has 3 heteroatoms. The number of aryl methyl sites for hydroxylation is 1. The molecule has 1 aliphatic heterocycles. The van der Waals surface area contributed by atoms with Gasteiger partial charge in [0, 0.05) is 16.8 Å². The minimum absolute atomic E-state index is 0.141. The minimum atomic E-state index is -0.697. The molecule has 0 aliphatic carbocycles. The summed E-state index contributed by atoms with van der Waals surface area (Å²) in [6, 6.07) is 23.1. The predicted molar refractivity (Wildman–Crippen MR) is 104 cm³/mol. The molecule has 26 heavy (non-hydrogen) atoms. The molecule has 0 atom stereocenters. The van der Waals surface area contributed by atoms with Crippen molar-refractivity contribution in [3.05, 3.63) is 89.5 Å². The first-order valence-electron chi connectivity index (χ1n) is 8.71. The summed E-state index contributed by atoms with van der Waals surface area (Å²) in [5.41, 5.74) is 4.82. The van der Waals surface area contributed by atoms with Crippen LogP contribution in [0.1, 0.15) is 33.2 Å². The molecule has 0 amide bonds. The molecular weight excluding hydrogens is 322 g/mol. The lowest BCUT2D eigenvalue weighted by Gasteiger charge is -2.31. The molecule has 1 aliphatic rings. The number of hydrogen-bond donors (Lipinski definition) is 0. The molecule has 3 aromatic rings. The molecule has 0 unspecified atom stereocenters. The Kier molecular flexibility index (Phi) is 3.92. The normalized spacial score (nSPS) is 14.5. The molecule has 0 radical (unpaired) electrons. The fraction of sp³-hybridized carbons (Fsp3) is 0.130. The van der Waals surface area contributed by atoms with E-state index in [1.54, 1.807) is 19.1 Å². The minimum Gasteiger partial charge on any atom is -0.309 e. The van der Waals surface area contributed by atoms with E-state index in [1.165, 1.54) is 0 Å². The van der Waals surface area contributed by atoms with Crippen LogP contribution in [0, 0.1) is 12.8 Å². The number of benzene rings is 3. The Morgan fingerprint density at radius 2 is 1.15 bits per heavy atom. The Bertz CT molecular complexity index is 945. The van der Waals surface area contributed by atoms with Gasteiger partial charge < -0.3 is 4.90 Å². The number of rotatable bonds is 1. The van der Waals surface area contributed by atoms with Gasteiger partial charge in [-0.25, -0.2) is 0 Å². The van der Waals surface area contributed by atoms with Gasteiger partial charge in [-0.05, 0) is 50.2 Å². The molecule has 3 nitrogen and oxygen atoms in total. The van der Waals surface area contributed by atoms with E-state index in [0.717, 1.165) is 22.6 Å². The van der Waals surface area contributed by atoms with Crippen LogP contribution in [0.5, 0.6) is 0 Å². The van der Waals surface area contributed by atoms with Gasteiger partial charge in [-0.2, -0.15) is 0 Å². The quantitative estimate of drug-likeness (QED) is 0.550. The van der Waals surface area contributed by atoms with E-state index in [9.17, 15) is 9.59 Å². The van der Waals surface area contributed by atoms with Crippen molar-refractivity contribution in [3.63, 3.8) is 0 Å². The van der Waals surface area contributed by atoms with Crippen LogP contribution in [0.4, 0.5) is 17.1 Å². The number of Topliss-reactive ketones (excluding diaryl/α,β-unsaturated/α-hetero) is 2. The number of carbonyl (C=O) groups excluding carboxylic acids is 2. The van der Waals surface area contributed by atoms with Crippen molar-refractivity contribution in [2.75, 3.05) is 4.90 Å². The average molecular weight is 341 g/mol. The molecule has 3 aromatic carbocycles. The van der Waals surface area contributed by atoms with Gasteiger partial charge in [-0.1, -0.05) is 42.0 Å². The van der Waals surface area contributed by atoms with Crippen LogP contribution < -0.4 is 4.90 Å². The van der Waals surface area contributed by atoms with Crippen LogP contribution in [-0.4, -0.2) is 11.6 Å². The van der Waals surface area contributed by atoms with E-state index in [4.69, 9.17) is 0 Å². The Labute approximate surface area is 152 Å². The summed E-state index contributed by atoms with van der Waals surface area (Å²) in [5.74, 6) is -0.980. The van der Waals surface area contributed by atoms with E-state index < -0.39 is 5.92 Å². The van der Waals surface area contributed by atoms with Crippen molar-refractivity contribution < 1.29 is 9.59 Å². The van der Waals surface area contributed by atoms with Gasteiger partial charge in [0.25, 0.3) is 0 Å². The molecule has 0 bridgehead atoms. The molecule has 0 aromatic heterocycles. The van der Waals surface area contributed by atoms with Crippen molar-refractivity contribution in [1.82, 2.24) is 0 Å². The topological polar surface area (TPSA) is 37.4 Å². The Morgan fingerprint density at radius 1 is 0.692 bits per heavy atom. The van der Waals surface area contributed by atoms with Crippen LogP contribution in [-0.2, 0) is 0 Å². The third-order valence-corrected chi connectivity index (χ3v) is 4.90. The van der Waals surface area contributed by atoms with E-state index in [1.807, 2.05) is 72.5 Å². The second-order valence-electron chi connectivity index (χ2n) is 6.66. The van der Waals surface area contributed by atoms with Gasteiger partial charge in [0.2, 0.25) is 0 Å². The maximum Gasteiger partial charge on any atom is 0.175 e. The first kappa shape index (κ1) is 16.3. The molecule has 0 fully saturated rings. The first-order chi connectivity index (χ1) is 12.6. The molecule has 128 valence electrons. The summed E-state index contributed by atoms with van der Waals surface area (Å²) in [6.07, 6.45) is 0. The zero-order chi connectivity index (χ0) is 18.3. The van der Waals surface area contributed by atoms with Gasteiger partial charge in [0.05, 0.1) is 17.3 Å². The molecule has 0 spiro atoms. The number of para-hydroxylation sites is 2. The zero-order valence-corrected chi connectivity index (χ0v) is 14.8. The maximum absolute atomic E-state index is 13.0. The van der Waals surface area contributed by atoms with Crippen molar-refractivity contribution in [1.29, 1.82) is 0 Å². The summed E-state index contributed by atoms with van der Waals surface area (Å²) in [4.78, 5) is 28.0. The highest BCUT2D eigenvalue weighted by Crippen LogP contribution is 2.41. The standard InChI is InChI=1S/C23H19NO2/c1-15-11-13-17(14-12-15)24-20-9-5-3-7-18(20)22(25)16(2)23(26)19-8-4-6-10-21(19)24/h3-14,16H,1-2H3. The second kappa shape index (κ2) is 6.26. The number of anilines is 3. The van der Waals surface area contributed by atoms with E-state index in [0.29, 0.717) is 11.1 Å².